The summed E-state index contributed by atoms with van der Waals surface area (Å²) in [6.45, 7) is 4.89. The fourth-order valence-corrected chi connectivity index (χ4v) is 4.82. The van der Waals surface area contributed by atoms with Gasteiger partial charge in [0, 0.05) is 43.4 Å². The lowest BCUT2D eigenvalue weighted by Crippen LogP contribution is -2.49. The van der Waals surface area contributed by atoms with Gasteiger partial charge in [0.25, 0.3) is 11.5 Å². The van der Waals surface area contributed by atoms with Crippen LogP contribution in [0.15, 0.2) is 58.8 Å². The number of aromatic amines is 1. The van der Waals surface area contributed by atoms with E-state index in [-0.39, 0.29) is 11.5 Å². The molecule has 1 aliphatic rings. The minimum Gasteiger partial charge on any atom is -0.368 e. The van der Waals surface area contributed by atoms with Gasteiger partial charge in [-0.1, -0.05) is 24.3 Å². The van der Waals surface area contributed by atoms with Crippen LogP contribution in [-0.2, 0) is 0 Å². The second kappa shape index (κ2) is 7.96. The molecule has 1 saturated heterocycles. The van der Waals surface area contributed by atoms with E-state index in [1.54, 1.807) is 23.7 Å². The van der Waals surface area contributed by atoms with Gasteiger partial charge in [-0.25, -0.2) is 4.98 Å². The molecule has 3 aromatic heterocycles. The van der Waals surface area contributed by atoms with Gasteiger partial charge in [-0.15, -0.1) is 11.3 Å². The molecular formula is C23H21N5O2S. The minimum atomic E-state index is -0.251. The lowest BCUT2D eigenvalue weighted by molar-refractivity contribution is 0.0749. The van der Waals surface area contributed by atoms with Crippen LogP contribution in [-0.4, -0.2) is 51.9 Å². The number of nitrogens with one attached hydrogen (secondary N) is 1. The van der Waals surface area contributed by atoms with Crippen LogP contribution in [0.4, 0.5) is 5.69 Å². The van der Waals surface area contributed by atoms with Crippen molar-refractivity contribution in [2.45, 2.75) is 6.92 Å². The number of hydrogen-bond donors (Lipinski definition) is 1. The van der Waals surface area contributed by atoms with Gasteiger partial charge in [-0.05, 0) is 30.7 Å². The molecule has 1 N–H and O–H groups in total. The number of H-pyrrole nitrogens is 1. The fraction of sp³-hybridized carbons (Fsp3) is 0.217. The third kappa shape index (κ3) is 3.59. The lowest BCUT2D eigenvalue weighted by Gasteiger charge is -2.36. The molecule has 0 spiro atoms. The smallest absolute Gasteiger partial charge is 0.269 e. The first-order valence-corrected chi connectivity index (χ1v) is 11.0. The van der Waals surface area contributed by atoms with Gasteiger partial charge >= 0.3 is 0 Å². The van der Waals surface area contributed by atoms with Crippen molar-refractivity contribution < 1.29 is 4.79 Å². The second-order valence-electron chi connectivity index (χ2n) is 7.52. The van der Waals surface area contributed by atoms with E-state index >= 15 is 0 Å². The van der Waals surface area contributed by atoms with Crippen LogP contribution in [0.1, 0.15) is 15.9 Å². The van der Waals surface area contributed by atoms with Gasteiger partial charge < -0.3 is 14.8 Å². The summed E-state index contributed by atoms with van der Waals surface area (Å²) >= 11 is 1.25. The van der Waals surface area contributed by atoms with Crippen molar-refractivity contribution in [3.63, 3.8) is 0 Å². The predicted molar refractivity (Wildman–Crippen MR) is 123 cm³/mol. The molecule has 0 unspecified atom stereocenters. The molecule has 1 amide bonds. The summed E-state index contributed by atoms with van der Waals surface area (Å²) in [5, 5.41) is 1.74. The summed E-state index contributed by atoms with van der Waals surface area (Å²) < 4.78 is 0.460. The maximum Gasteiger partial charge on any atom is 0.269 e. The molecule has 0 saturated carbocycles. The molecular weight excluding hydrogens is 410 g/mol. The number of pyridine rings is 1. The molecule has 0 bridgehead atoms. The van der Waals surface area contributed by atoms with Crippen LogP contribution < -0.4 is 10.5 Å². The molecule has 1 fully saturated rings. The molecule has 4 aromatic rings. The van der Waals surface area contributed by atoms with E-state index in [9.17, 15) is 9.59 Å². The molecule has 0 radical (unpaired) electrons. The van der Waals surface area contributed by atoms with E-state index < -0.39 is 0 Å². The van der Waals surface area contributed by atoms with Crippen LogP contribution in [0.2, 0.25) is 0 Å². The van der Waals surface area contributed by atoms with Crippen LogP contribution in [0, 0.1) is 6.92 Å². The Morgan fingerprint density at radius 2 is 1.84 bits per heavy atom. The third-order valence-corrected chi connectivity index (χ3v) is 6.56. The Bertz CT molecular complexity index is 1310. The van der Waals surface area contributed by atoms with E-state index in [4.69, 9.17) is 0 Å². The first-order valence-electron chi connectivity index (χ1n) is 10.1. The Hall–Kier alpha value is -3.52. The van der Waals surface area contributed by atoms with Crippen molar-refractivity contribution in [1.29, 1.82) is 0 Å². The Morgan fingerprint density at radius 1 is 1.06 bits per heavy atom. The molecule has 1 aromatic carbocycles. The zero-order chi connectivity index (χ0) is 21.4. The molecule has 0 atom stereocenters. The van der Waals surface area contributed by atoms with Crippen molar-refractivity contribution in [2.24, 2.45) is 0 Å². The molecule has 31 heavy (non-hydrogen) atoms. The maximum absolute atomic E-state index is 13.3. The van der Waals surface area contributed by atoms with Gasteiger partial charge in [-0.3, -0.25) is 14.6 Å². The maximum atomic E-state index is 13.3. The number of anilines is 1. The monoisotopic (exact) mass is 431 g/mol. The molecule has 0 aliphatic carbocycles. The summed E-state index contributed by atoms with van der Waals surface area (Å²) in [5.41, 5.74) is 3.69. The number of nitrogens with zero attached hydrogens (tertiary/aromatic N) is 4. The highest BCUT2D eigenvalue weighted by molar-refractivity contribution is 7.17. The molecule has 8 heteroatoms. The van der Waals surface area contributed by atoms with Crippen LogP contribution >= 0.6 is 11.3 Å². The Balaban J connectivity index is 1.41. The quantitative estimate of drug-likeness (QED) is 0.538. The summed E-state index contributed by atoms with van der Waals surface area (Å²) in [4.78, 5) is 41.6. The number of fused-ring (bicyclic) bond motifs is 1. The first-order chi connectivity index (χ1) is 15.1. The normalized spacial score (nSPS) is 14.2. The highest BCUT2D eigenvalue weighted by Crippen LogP contribution is 2.26. The van der Waals surface area contributed by atoms with Crippen LogP contribution in [0.5, 0.6) is 0 Å². The average Bonchev–Trinajstić information content (AvgIpc) is 3.24. The van der Waals surface area contributed by atoms with E-state index in [2.05, 4.69) is 38.9 Å². The SMILES string of the molecule is Cc1ccccc1N1CCN(C(=O)c2csc3c(=O)[nH]c(-c4ccccn4)nc23)CC1. The minimum absolute atomic E-state index is 0.0826. The van der Waals surface area contributed by atoms with Crippen molar-refractivity contribution in [2.75, 3.05) is 31.1 Å². The number of piperazine rings is 1. The van der Waals surface area contributed by atoms with Gasteiger partial charge in [0.2, 0.25) is 0 Å². The van der Waals surface area contributed by atoms with Crippen LogP contribution in [0.25, 0.3) is 21.7 Å². The molecule has 7 nitrogen and oxygen atoms in total. The average molecular weight is 432 g/mol. The number of thiophene rings is 1. The first kappa shape index (κ1) is 19.4. The number of carbonyl (C=O) groups excluding carboxylic acids is 1. The third-order valence-electron chi connectivity index (χ3n) is 5.59. The fourth-order valence-electron chi connectivity index (χ4n) is 3.94. The Kier molecular flexibility index (Phi) is 4.99. The number of rotatable bonds is 3. The zero-order valence-corrected chi connectivity index (χ0v) is 17.9. The highest BCUT2D eigenvalue weighted by Gasteiger charge is 2.26. The zero-order valence-electron chi connectivity index (χ0n) is 17.0. The summed E-state index contributed by atoms with van der Waals surface area (Å²) in [6.07, 6.45) is 1.65. The summed E-state index contributed by atoms with van der Waals surface area (Å²) in [6, 6.07) is 13.7. The van der Waals surface area contributed by atoms with Gasteiger partial charge in [-0.2, -0.15) is 0 Å². The van der Waals surface area contributed by atoms with Crippen molar-refractivity contribution in [3.05, 3.63) is 75.5 Å². The van der Waals surface area contributed by atoms with E-state index in [0.29, 0.717) is 40.4 Å². The van der Waals surface area contributed by atoms with Crippen LogP contribution in [0.3, 0.4) is 0 Å². The molecule has 4 heterocycles. The van der Waals surface area contributed by atoms with Crippen molar-refractivity contribution >= 4 is 33.1 Å². The number of aromatic nitrogens is 3. The van der Waals surface area contributed by atoms with E-state index in [1.165, 1.54) is 22.6 Å². The van der Waals surface area contributed by atoms with E-state index in [0.717, 1.165) is 13.1 Å². The standard InChI is InChI=1S/C23H21N5O2S/c1-15-6-2-3-8-18(15)27-10-12-28(13-11-27)23(30)16-14-31-20-19(16)25-21(26-22(20)29)17-7-4-5-9-24-17/h2-9,14H,10-13H2,1H3,(H,25,26,29). The largest absolute Gasteiger partial charge is 0.368 e. The number of aryl methyl sites for hydroxylation is 1. The van der Waals surface area contributed by atoms with Gasteiger partial charge in [0.1, 0.15) is 15.9 Å². The number of hydrogen-bond acceptors (Lipinski definition) is 6. The summed E-state index contributed by atoms with van der Waals surface area (Å²) in [7, 11) is 0. The Labute approximate surface area is 183 Å². The summed E-state index contributed by atoms with van der Waals surface area (Å²) in [5.74, 6) is 0.288. The second-order valence-corrected chi connectivity index (χ2v) is 8.40. The highest BCUT2D eigenvalue weighted by atomic mass is 32.1. The number of benzene rings is 1. The topological polar surface area (TPSA) is 82.2 Å². The molecule has 1 aliphatic heterocycles. The Morgan fingerprint density at radius 3 is 2.58 bits per heavy atom. The van der Waals surface area contributed by atoms with Gasteiger partial charge in [0.15, 0.2) is 5.82 Å². The predicted octanol–water partition coefficient (Wildman–Crippen LogP) is 3.32. The number of carbonyl (C=O) groups is 1. The lowest BCUT2D eigenvalue weighted by atomic mass is 10.1. The van der Waals surface area contributed by atoms with Crippen molar-refractivity contribution in [1.82, 2.24) is 19.9 Å². The van der Waals surface area contributed by atoms with Crippen molar-refractivity contribution in [3.8, 4) is 11.5 Å². The van der Waals surface area contributed by atoms with Gasteiger partial charge in [0.05, 0.1) is 5.56 Å². The molecule has 5 rings (SSSR count). The number of amides is 1. The van der Waals surface area contributed by atoms with E-state index in [1.807, 2.05) is 23.1 Å². The molecule has 156 valence electrons. The number of para-hydroxylation sites is 1.